The van der Waals surface area contributed by atoms with Crippen LogP contribution in [0.4, 0.5) is 38.9 Å². The first-order chi connectivity index (χ1) is 29.3. The Morgan fingerprint density at radius 3 is 2.30 bits per heavy atom. The number of hydrogen-bond acceptors (Lipinski definition) is 12. The van der Waals surface area contributed by atoms with E-state index in [1.165, 1.54) is 11.4 Å². The van der Waals surface area contributed by atoms with Gasteiger partial charge in [-0.25, -0.2) is 9.37 Å². The molecule has 3 N–H and O–H groups in total. The molecule has 0 spiro atoms. The summed E-state index contributed by atoms with van der Waals surface area (Å²) in [5.41, 5.74) is 3.04. The number of piperidine rings is 2. The number of ether oxygens (including phenoxy) is 1. The molecular weight excluding hydrogens is 820 g/mol. The molecule has 3 fully saturated rings. The van der Waals surface area contributed by atoms with E-state index in [-0.39, 0.29) is 49.7 Å². The van der Waals surface area contributed by atoms with Gasteiger partial charge in [0, 0.05) is 68.7 Å². The highest BCUT2D eigenvalue weighted by atomic mass is 35.5. The van der Waals surface area contributed by atoms with E-state index in [1.54, 1.807) is 13.3 Å². The van der Waals surface area contributed by atoms with Crippen molar-refractivity contribution in [3.05, 3.63) is 82.8 Å². The van der Waals surface area contributed by atoms with Gasteiger partial charge < -0.3 is 25.2 Å². The van der Waals surface area contributed by atoms with Crippen LogP contribution in [-0.4, -0.2) is 115 Å². The zero-order valence-corrected chi connectivity index (χ0v) is 36.5. The number of rotatable bonds is 11. The Kier molecular flexibility index (Phi) is 12.2. The van der Waals surface area contributed by atoms with Crippen LogP contribution in [0.15, 0.2) is 60.8 Å². The van der Waals surface area contributed by atoms with Gasteiger partial charge in [0.1, 0.15) is 22.6 Å². The highest BCUT2D eigenvalue weighted by molar-refractivity contribution is 7.64. The minimum atomic E-state index is -1.11. The van der Waals surface area contributed by atoms with Crippen LogP contribution in [0.1, 0.15) is 60.2 Å². The van der Waals surface area contributed by atoms with Crippen molar-refractivity contribution in [2.45, 2.75) is 57.7 Å². The first kappa shape index (κ1) is 42.3. The molecule has 4 aliphatic rings. The summed E-state index contributed by atoms with van der Waals surface area (Å²) in [6.45, 7) is 12.5. The van der Waals surface area contributed by atoms with Gasteiger partial charge in [-0.3, -0.25) is 34.3 Å². The largest absolute Gasteiger partial charge is 0.494 e. The Balaban J connectivity index is 0.869. The van der Waals surface area contributed by atoms with E-state index in [0.717, 1.165) is 60.5 Å². The van der Waals surface area contributed by atoms with E-state index < -0.39 is 35.5 Å². The predicted octanol–water partition coefficient (Wildman–Crippen LogP) is 6.35. The third-order valence-electron chi connectivity index (χ3n) is 12.2. The van der Waals surface area contributed by atoms with Crippen LogP contribution >= 0.6 is 19.5 Å². The van der Waals surface area contributed by atoms with Crippen LogP contribution in [-0.2, 0) is 9.59 Å². The summed E-state index contributed by atoms with van der Waals surface area (Å²) in [7, 11) is 1.31. The molecular formula is C44H50ClFN9O5P. The fourth-order valence-corrected chi connectivity index (χ4v) is 10.2. The smallest absolute Gasteiger partial charge is 0.262 e. The molecule has 17 heteroatoms. The maximum atomic E-state index is 15.7. The van der Waals surface area contributed by atoms with Crippen molar-refractivity contribution < 1.29 is 28.3 Å². The SMILES string of the molecule is COc1cc(N2CCC(CN3C(C)CN(c4cc5c(cc4F)C(=O)N(C4CCC(=O)NC4=O)C5=O)CC3C)CC2)ccc1Nc1ncc(Cl)c(Nc2ccccc2P(C)C)n1. The lowest BCUT2D eigenvalue weighted by Crippen LogP contribution is -2.58. The lowest BCUT2D eigenvalue weighted by atomic mass is 9.93. The second-order valence-electron chi connectivity index (χ2n) is 16.5. The lowest BCUT2D eigenvalue weighted by Gasteiger charge is -2.47. The van der Waals surface area contributed by atoms with Gasteiger partial charge in [-0.1, -0.05) is 37.7 Å². The minimum Gasteiger partial charge on any atom is -0.494 e. The summed E-state index contributed by atoms with van der Waals surface area (Å²) in [6.07, 6.45) is 3.66. The molecule has 14 nitrogen and oxygen atoms in total. The summed E-state index contributed by atoms with van der Waals surface area (Å²) in [6, 6.07) is 15.9. The molecule has 61 heavy (non-hydrogen) atoms. The predicted molar refractivity (Wildman–Crippen MR) is 237 cm³/mol. The maximum Gasteiger partial charge on any atom is 0.262 e. The van der Waals surface area contributed by atoms with Crippen molar-refractivity contribution in [3.8, 4) is 5.75 Å². The molecule has 5 heterocycles. The summed E-state index contributed by atoms with van der Waals surface area (Å²) >= 11 is 6.52. The number of methoxy groups -OCH3 is 1. The topological polar surface area (TPSA) is 152 Å². The number of piperazine rings is 1. The number of benzene rings is 3. The second kappa shape index (κ2) is 17.5. The van der Waals surface area contributed by atoms with Gasteiger partial charge in [0.15, 0.2) is 5.82 Å². The fraction of sp³-hybridized carbons (Fsp3) is 0.409. The van der Waals surface area contributed by atoms with Crippen LogP contribution in [0.5, 0.6) is 5.75 Å². The molecule has 3 unspecified atom stereocenters. The van der Waals surface area contributed by atoms with Crippen LogP contribution < -0.4 is 35.8 Å². The van der Waals surface area contributed by atoms with Gasteiger partial charge in [-0.2, -0.15) is 4.98 Å². The Morgan fingerprint density at radius 1 is 0.902 bits per heavy atom. The normalized spacial score (nSPS) is 21.2. The van der Waals surface area contributed by atoms with E-state index in [9.17, 15) is 19.2 Å². The molecule has 4 amide bonds. The van der Waals surface area contributed by atoms with Crippen molar-refractivity contribution in [2.24, 2.45) is 5.92 Å². The molecule has 1 aromatic heterocycles. The molecule has 0 bridgehead atoms. The summed E-state index contributed by atoms with van der Waals surface area (Å²) in [5.74, 6) is -1.05. The summed E-state index contributed by atoms with van der Waals surface area (Å²) in [4.78, 5) is 67.7. The lowest BCUT2D eigenvalue weighted by molar-refractivity contribution is -0.136. The van der Waals surface area contributed by atoms with Crippen LogP contribution in [0.2, 0.25) is 5.02 Å². The third-order valence-corrected chi connectivity index (χ3v) is 13.8. The Labute approximate surface area is 360 Å². The Morgan fingerprint density at radius 2 is 1.61 bits per heavy atom. The molecule has 0 saturated carbocycles. The molecule has 4 aromatic rings. The standard InChI is InChI=1S/C44H50ClFN9O5P/c1-25-22-53(36-20-30-29(19-32(36)46)42(58)55(43(30)59)35-12-13-39(56)50-41(35)57)23-26(2)54(25)24-27-14-16-52(17-15-27)28-10-11-33(37(18-28)60-3)49-44-47-21-31(45)40(51-44)48-34-8-6-7-9-38(34)61(4)5/h6-11,18-21,25-27,35H,12-17,22-24H2,1-5H3,(H,50,56,57)(H2,47,48,49,51). The first-order valence-corrected chi connectivity index (χ1v) is 23.2. The van der Waals surface area contributed by atoms with Gasteiger partial charge in [0.05, 0.1) is 35.8 Å². The number of hydrogen-bond donors (Lipinski definition) is 3. The van der Waals surface area contributed by atoms with E-state index in [2.05, 4.69) is 75.0 Å². The quantitative estimate of drug-likeness (QED) is 0.114. The zero-order chi connectivity index (χ0) is 43.1. The minimum absolute atomic E-state index is 0.0159. The van der Waals surface area contributed by atoms with E-state index in [4.69, 9.17) is 16.3 Å². The summed E-state index contributed by atoms with van der Waals surface area (Å²) in [5, 5.41) is 10.5. The number of para-hydroxylation sites is 1. The number of nitrogens with one attached hydrogen (secondary N) is 3. The highest BCUT2D eigenvalue weighted by Gasteiger charge is 2.46. The molecule has 3 aromatic carbocycles. The van der Waals surface area contributed by atoms with Gasteiger partial charge >= 0.3 is 0 Å². The van der Waals surface area contributed by atoms with Crippen molar-refractivity contribution in [1.82, 2.24) is 25.1 Å². The number of imide groups is 2. The van der Waals surface area contributed by atoms with Crippen LogP contribution in [0.25, 0.3) is 0 Å². The number of nitrogens with zero attached hydrogens (tertiary/aromatic N) is 6. The Hall–Kier alpha value is -5.37. The average molecular weight is 870 g/mol. The van der Waals surface area contributed by atoms with Gasteiger partial charge in [0.2, 0.25) is 17.8 Å². The highest BCUT2D eigenvalue weighted by Crippen LogP contribution is 2.37. The number of carbonyl (C=O) groups excluding carboxylic acids is 4. The van der Waals surface area contributed by atoms with Crippen molar-refractivity contribution >= 4 is 83.0 Å². The molecule has 320 valence electrons. The first-order valence-electron chi connectivity index (χ1n) is 20.6. The number of anilines is 6. The molecule has 4 aliphatic heterocycles. The maximum absolute atomic E-state index is 15.7. The monoisotopic (exact) mass is 869 g/mol. The number of fused-ring (bicyclic) bond motifs is 1. The number of amides is 4. The molecule has 3 atom stereocenters. The Bertz CT molecular complexity index is 2370. The van der Waals surface area contributed by atoms with Crippen molar-refractivity contribution in [1.29, 1.82) is 0 Å². The number of aromatic nitrogens is 2. The van der Waals surface area contributed by atoms with Gasteiger partial charge in [-0.15, -0.1) is 0 Å². The van der Waals surface area contributed by atoms with Crippen molar-refractivity contribution in [2.75, 3.05) is 73.6 Å². The zero-order valence-electron chi connectivity index (χ0n) is 34.9. The van der Waals surface area contributed by atoms with Crippen LogP contribution in [0, 0.1) is 11.7 Å². The van der Waals surface area contributed by atoms with E-state index >= 15 is 4.39 Å². The van der Waals surface area contributed by atoms with E-state index in [0.29, 0.717) is 41.5 Å². The van der Waals surface area contributed by atoms with Crippen LogP contribution in [0.3, 0.4) is 0 Å². The summed E-state index contributed by atoms with van der Waals surface area (Å²) < 4.78 is 21.6. The van der Waals surface area contributed by atoms with Gasteiger partial charge in [-0.05, 0) is 88.0 Å². The van der Waals surface area contributed by atoms with Gasteiger partial charge in [0.25, 0.3) is 11.8 Å². The van der Waals surface area contributed by atoms with Crippen molar-refractivity contribution in [3.63, 3.8) is 0 Å². The third kappa shape index (κ3) is 8.60. The molecule has 0 aliphatic carbocycles. The van der Waals surface area contributed by atoms with E-state index in [1.807, 2.05) is 35.2 Å². The average Bonchev–Trinajstić information content (AvgIpc) is 3.47. The second-order valence-corrected chi connectivity index (χ2v) is 19.1. The molecule has 0 radical (unpaired) electrons. The number of carbonyl (C=O) groups is 4. The fourth-order valence-electron chi connectivity index (χ4n) is 9.02. The number of halogens is 2. The molecule has 3 saturated heterocycles. The molecule has 8 rings (SSSR count).